The van der Waals surface area contributed by atoms with Crippen LogP contribution < -0.4 is 21.3 Å². The van der Waals surface area contributed by atoms with Crippen molar-refractivity contribution in [2.24, 2.45) is 0 Å². The van der Waals surface area contributed by atoms with Gasteiger partial charge in [0.05, 0.1) is 6.54 Å². The Kier molecular flexibility index (Phi) is 9.29. The van der Waals surface area contributed by atoms with Crippen LogP contribution in [0.15, 0.2) is 78.9 Å². The number of rotatable bonds is 10. The van der Waals surface area contributed by atoms with E-state index in [1.165, 1.54) is 19.3 Å². The summed E-state index contributed by atoms with van der Waals surface area (Å²) in [5.41, 5.74) is 3.84. The Hall–Kier alpha value is -4.13. The van der Waals surface area contributed by atoms with Gasteiger partial charge in [0, 0.05) is 35.1 Å². The van der Waals surface area contributed by atoms with Crippen LogP contribution in [0.3, 0.4) is 0 Å². The summed E-state index contributed by atoms with van der Waals surface area (Å²) in [6, 6.07) is 24.4. The van der Waals surface area contributed by atoms with Crippen LogP contribution >= 0.6 is 0 Å². The summed E-state index contributed by atoms with van der Waals surface area (Å²) in [5.74, 6) is -0.304. The maximum Gasteiger partial charge on any atom is 0.251 e. The molecular formula is C30H34N4O3. The SMILES string of the molecule is O=C(CCc1ccccc1)Nc1ccc(NCC(=O)Nc2ccc(C(=O)NC3CCCCC3)cc2)cc1. The maximum atomic E-state index is 12.4. The largest absolute Gasteiger partial charge is 0.376 e. The molecule has 4 rings (SSSR count). The van der Waals surface area contributed by atoms with E-state index in [1.54, 1.807) is 36.4 Å². The monoisotopic (exact) mass is 498 g/mol. The minimum atomic E-state index is -0.197. The smallest absolute Gasteiger partial charge is 0.251 e. The second-order valence-corrected chi connectivity index (χ2v) is 9.40. The summed E-state index contributed by atoms with van der Waals surface area (Å²) in [7, 11) is 0. The van der Waals surface area contributed by atoms with E-state index in [0.717, 1.165) is 24.1 Å². The molecule has 1 fully saturated rings. The number of hydrogen-bond donors (Lipinski definition) is 4. The molecule has 0 radical (unpaired) electrons. The number of benzene rings is 3. The van der Waals surface area contributed by atoms with Crippen molar-refractivity contribution >= 4 is 34.8 Å². The lowest BCUT2D eigenvalue weighted by Gasteiger charge is -2.22. The van der Waals surface area contributed by atoms with Crippen molar-refractivity contribution in [2.45, 2.75) is 51.0 Å². The van der Waals surface area contributed by atoms with Crippen molar-refractivity contribution in [2.75, 3.05) is 22.5 Å². The number of carbonyl (C=O) groups is 3. The quantitative estimate of drug-likeness (QED) is 0.302. The Morgan fingerprint density at radius 3 is 1.95 bits per heavy atom. The molecule has 1 aliphatic carbocycles. The van der Waals surface area contributed by atoms with E-state index in [4.69, 9.17) is 0 Å². The zero-order valence-electron chi connectivity index (χ0n) is 21.0. The molecule has 4 N–H and O–H groups in total. The van der Waals surface area contributed by atoms with Gasteiger partial charge in [0.1, 0.15) is 0 Å². The summed E-state index contributed by atoms with van der Waals surface area (Å²) < 4.78 is 0. The Labute approximate surface area is 218 Å². The third kappa shape index (κ3) is 8.49. The standard InChI is InChI=1S/C30H34N4O3/c35-28(20-11-22-7-3-1-4-8-22)32-27-18-16-24(17-19-27)31-21-29(36)33-26-14-12-23(13-15-26)30(37)34-25-9-5-2-6-10-25/h1,3-4,7-8,12-19,25,31H,2,5-6,9-11,20-21H2,(H,32,35)(H,33,36)(H,34,37). The van der Waals surface area contributed by atoms with Gasteiger partial charge < -0.3 is 21.3 Å². The van der Waals surface area contributed by atoms with Gasteiger partial charge in [-0.2, -0.15) is 0 Å². The van der Waals surface area contributed by atoms with Gasteiger partial charge in [-0.05, 0) is 73.4 Å². The highest BCUT2D eigenvalue weighted by Crippen LogP contribution is 2.18. The Bertz CT molecular complexity index is 1170. The fourth-order valence-electron chi connectivity index (χ4n) is 4.41. The van der Waals surface area contributed by atoms with E-state index >= 15 is 0 Å². The molecule has 3 aromatic carbocycles. The van der Waals surface area contributed by atoms with Crippen molar-refractivity contribution in [1.29, 1.82) is 0 Å². The lowest BCUT2D eigenvalue weighted by Crippen LogP contribution is -2.36. The van der Waals surface area contributed by atoms with Gasteiger partial charge in [0.2, 0.25) is 11.8 Å². The van der Waals surface area contributed by atoms with E-state index < -0.39 is 0 Å². The molecule has 0 spiro atoms. The van der Waals surface area contributed by atoms with E-state index in [-0.39, 0.29) is 30.3 Å². The zero-order chi connectivity index (χ0) is 25.9. The molecule has 0 aliphatic heterocycles. The molecule has 7 heteroatoms. The number of amides is 3. The van der Waals surface area contributed by atoms with Crippen molar-refractivity contribution in [3.8, 4) is 0 Å². The molecule has 0 aromatic heterocycles. The maximum absolute atomic E-state index is 12.4. The Morgan fingerprint density at radius 1 is 0.676 bits per heavy atom. The first-order valence-corrected chi connectivity index (χ1v) is 12.9. The molecule has 0 unspecified atom stereocenters. The average molecular weight is 499 g/mol. The van der Waals surface area contributed by atoms with Crippen LogP contribution in [-0.4, -0.2) is 30.3 Å². The molecule has 0 heterocycles. The summed E-state index contributed by atoms with van der Waals surface area (Å²) in [5, 5.41) is 11.9. The predicted octanol–water partition coefficient (Wildman–Crippen LogP) is 5.37. The summed E-state index contributed by atoms with van der Waals surface area (Å²) in [6.07, 6.45) is 6.76. The van der Waals surface area contributed by atoms with Gasteiger partial charge in [-0.1, -0.05) is 49.6 Å². The number of aryl methyl sites for hydroxylation is 1. The molecule has 192 valence electrons. The summed E-state index contributed by atoms with van der Waals surface area (Å²) >= 11 is 0. The van der Waals surface area contributed by atoms with Crippen molar-refractivity contribution in [3.63, 3.8) is 0 Å². The van der Waals surface area contributed by atoms with E-state index in [0.29, 0.717) is 29.8 Å². The molecule has 1 aliphatic rings. The first kappa shape index (κ1) is 25.9. The van der Waals surface area contributed by atoms with Crippen LogP contribution in [0.5, 0.6) is 0 Å². The first-order chi connectivity index (χ1) is 18.0. The lowest BCUT2D eigenvalue weighted by molar-refractivity contribution is -0.116. The van der Waals surface area contributed by atoms with Crippen LogP contribution in [0.4, 0.5) is 17.1 Å². The molecule has 3 amide bonds. The second-order valence-electron chi connectivity index (χ2n) is 9.40. The van der Waals surface area contributed by atoms with Gasteiger partial charge in [0.25, 0.3) is 5.91 Å². The fourth-order valence-corrected chi connectivity index (χ4v) is 4.41. The topological polar surface area (TPSA) is 99.3 Å². The number of carbonyl (C=O) groups excluding carboxylic acids is 3. The van der Waals surface area contributed by atoms with Gasteiger partial charge in [-0.25, -0.2) is 0 Å². The third-order valence-electron chi connectivity index (χ3n) is 6.48. The average Bonchev–Trinajstić information content (AvgIpc) is 2.93. The predicted molar refractivity (Wildman–Crippen MR) is 148 cm³/mol. The van der Waals surface area contributed by atoms with Crippen molar-refractivity contribution in [1.82, 2.24) is 5.32 Å². The fraction of sp³-hybridized carbons (Fsp3) is 0.300. The first-order valence-electron chi connectivity index (χ1n) is 12.9. The van der Waals surface area contributed by atoms with Crippen molar-refractivity contribution < 1.29 is 14.4 Å². The van der Waals surface area contributed by atoms with Gasteiger partial charge >= 0.3 is 0 Å². The second kappa shape index (κ2) is 13.3. The molecule has 7 nitrogen and oxygen atoms in total. The molecule has 3 aromatic rings. The summed E-state index contributed by atoms with van der Waals surface area (Å²) in [6.45, 7) is 0.0900. The number of anilines is 3. The van der Waals surface area contributed by atoms with Crippen LogP contribution in [0.2, 0.25) is 0 Å². The van der Waals surface area contributed by atoms with Crippen LogP contribution in [0.25, 0.3) is 0 Å². The Morgan fingerprint density at radius 2 is 1.27 bits per heavy atom. The van der Waals surface area contributed by atoms with E-state index in [2.05, 4.69) is 21.3 Å². The molecular weight excluding hydrogens is 464 g/mol. The Balaban J connectivity index is 1.17. The third-order valence-corrected chi connectivity index (χ3v) is 6.48. The summed E-state index contributed by atoms with van der Waals surface area (Å²) in [4.78, 5) is 37.0. The van der Waals surface area contributed by atoms with Gasteiger partial charge in [0.15, 0.2) is 0 Å². The van der Waals surface area contributed by atoms with E-state index in [9.17, 15) is 14.4 Å². The van der Waals surface area contributed by atoms with Crippen LogP contribution in [-0.2, 0) is 16.0 Å². The lowest BCUT2D eigenvalue weighted by atomic mass is 9.95. The highest BCUT2D eigenvalue weighted by molar-refractivity contribution is 5.97. The highest BCUT2D eigenvalue weighted by Gasteiger charge is 2.16. The number of hydrogen-bond acceptors (Lipinski definition) is 4. The molecule has 0 bridgehead atoms. The molecule has 1 saturated carbocycles. The van der Waals surface area contributed by atoms with Gasteiger partial charge in [-0.15, -0.1) is 0 Å². The minimum absolute atomic E-state index is 0.0403. The molecule has 0 saturated heterocycles. The van der Waals surface area contributed by atoms with Crippen molar-refractivity contribution in [3.05, 3.63) is 90.0 Å². The highest BCUT2D eigenvalue weighted by atomic mass is 16.2. The molecule has 0 atom stereocenters. The van der Waals surface area contributed by atoms with Crippen LogP contribution in [0.1, 0.15) is 54.4 Å². The van der Waals surface area contributed by atoms with Crippen LogP contribution in [0, 0.1) is 0 Å². The van der Waals surface area contributed by atoms with Gasteiger partial charge in [-0.3, -0.25) is 14.4 Å². The minimum Gasteiger partial charge on any atom is -0.376 e. The molecule has 37 heavy (non-hydrogen) atoms. The normalized spacial score (nSPS) is 13.4. The number of nitrogens with one attached hydrogen (secondary N) is 4. The zero-order valence-corrected chi connectivity index (χ0v) is 21.0. The van der Waals surface area contributed by atoms with E-state index in [1.807, 2.05) is 42.5 Å².